The Morgan fingerprint density at radius 1 is 1.16 bits per heavy atom. The van der Waals surface area contributed by atoms with Crippen molar-refractivity contribution in [1.29, 1.82) is 0 Å². The number of benzene rings is 1. The van der Waals surface area contributed by atoms with Gasteiger partial charge in [0.2, 0.25) is 0 Å². The standard InChI is InChI=1S/C17H24N2/c1-12(2)8-15-9-16(6-7-17(15)13(3)4)19-10-14(5)18-11-19/h6-7,9-13H,8H2,1-5H3. The Kier molecular flexibility index (Phi) is 4.08. The normalized spacial score (nSPS) is 11.5. The third-order valence-corrected chi connectivity index (χ3v) is 3.39. The second kappa shape index (κ2) is 5.60. The molecule has 0 fully saturated rings. The molecule has 0 aliphatic carbocycles. The van der Waals surface area contributed by atoms with Crippen LogP contribution in [0.5, 0.6) is 0 Å². The van der Waals surface area contributed by atoms with Crippen LogP contribution in [0.25, 0.3) is 5.69 Å². The van der Waals surface area contributed by atoms with E-state index >= 15 is 0 Å². The minimum absolute atomic E-state index is 0.576. The second-order valence-electron chi connectivity index (χ2n) is 6.06. The van der Waals surface area contributed by atoms with Gasteiger partial charge in [0.1, 0.15) is 0 Å². The minimum atomic E-state index is 0.576. The van der Waals surface area contributed by atoms with Crippen molar-refractivity contribution in [2.45, 2.75) is 47.0 Å². The Balaban J connectivity index is 2.42. The predicted octanol–water partition coefficient (Wildman–Crippen LogP) is 4.50. The van der Waals surface area contributed by atoms with E-state index in [1.54, 1.807) is 0 Å². The third kappa shape index (κ3) is 3.25. The molecule has 0 atom stereocenters. The number of imidazole rings is 1. The zero-order chi connectivity index (χ0) is 14.0. The van der Waals surface area contributed by atoms with Gasteiger partial charge in [-0.2, -0.15) is 0 Å². The van der Waals surface area contributed by atoms with Crippen LogP contribution in [0.1, 0.15) is 50.4 Å². The summed E-state index contributed by atoms with van der Waals surface area (Å²) >= 11 is 0. The molecule has 0 saturated carbocycles. The molecule has 0 radical (unpaired) electrons. The molecular weight excluding hydrogens is 232 g/mol. The topological polar surface area (TPSA) is 17.8 Å². The number of aryl methyl sites for hydroxylation is 1. The van der Waals surface area contributed by atoms with Gasteiger partial charge in [-0.1, -0.05) is 33.8 Å². The Labute approximate surface area is 116 Å². The highest BCUT2D eigenvalue weighted by molar-refractivity contribution is 5.42. The SMILES string of the molecule is Cc1cn(-c2ccc(C(C)C)c(CC(C)C)c2)cn1. The van der Waals surface area contributed by atoms with Crippen LogP contribution in [0.15, 0.2) is 30.7 Å². The summed E-state index contributed by atoms with van der Waals surface area (Å²) < 4.78 is 2.10. The maximum absolute atomic E-state index is 4.30. The first-order valence-corrected chi connectivity index (χ1v) is 7.11. The molecule has 0 unspecified atom stereocenters. The highest BCUT2D eigenvalue weighted by Gasteiger charge is 2.10. The van der Waals surface area contributed by atoms with Gasteiger partial charge in [0.05, 0.1) is 12.0 Å². The van der Waals surface area contributed by atoms with Crippen molar-refractivity contribution in [3.63, 3.8) is 0 Å². The van der Waals surface area contributed by atoms with Gasteiger partial charge in [-0.15, -0.1) is 0 Å². The van der Waals surface area contributed by atoms with Crippen LogP contribution < -0.4 is 0 Å². The Hall–Kier alpha value is -1.57. The molecule has 1 heterocycles. The van der Waals surface area contributed by atoms with Gasteiger partial charge in [-0.3, -0.25) is 0 Å². The summed E-state index contributed by atoms with van der Waals surface area (Å²) in [6.45, 7) is 11.1. The zero-order valence-corrected chi connectivity index (χ0v) is 12.6. The molecular formula is C17H24N2. The average molecular weight is 256 g/mol. The number of rotatable bonds is 4. The lowest BCUT2D eigenvalue weighted by Crippen LogP contribution is -2.03. The van der Waals surface area contributed by atoms with Crippen LogP contribution in [0.3, 0.4) is 0 Å². The molecule has 0 bridgehead atoms. The van der Waals surface area contributed by atoms with Crippen LogP contribution in [0, 0.1) is 12.8 Å². The van der Waals surface area contributed by atoms with E-state index < -0.39 is 0 Å². The molecule has 19 heavy (non-hydrogen) atoms. The predicted molar refractivity (Wildman–Crippen MR) is 80.9 cm³/mol. The van der Waals surface area contributed by atoms with Gasteiger partial charge in [-0.25, -0.2) is 4.98 Å². The van der Waals surface area contributed by atoms with Crippen LogP contribution in [-0.2, 0) is 6.42 Å². The van der Waals surface area contributed by atoms with Crippen molar-refractivity contribution in [3.8, 4) is 5.69 Å². The van der Waals surface area contributed by atoms with Gasteiger partial charge >= 0.3 is 0 Å². The van der Waals surface area contributed by atoms with E-state index in [9.17, 15) is 0 Å². The van der Waals surface area contributed by atoms with Crippen LogP contribution in [-0.4, -0.2) is 9.55 Å². The summed E-state index contributed by atoms with van der Waals surface area (Å²) in [5.41, 5.74) is 5.20. The zero-order valence-electron chi connectivity index (χ0n) is 12.6. The number of aromatic nitrogens is 2. The third-order valence-electron chi connectivity index (χ3n) is 3.39. The molecule has 0 aliphatic heterocycles. The molecule has 1 aromatic carbocycles. The Morgan fingerprint density at radius 3 is 2.42 bits per heavy atom. The highest BCUT2D eigenvalue weighted by Crippen LogP contribution is 2.25. The van der Waals surface area contributed by atoms with Crippen LogP contribution >= 0.6 is 0 Å². The van der Waals surface area contributed by atoms with E-state index in [0.717, 1.165) is 12.1 Å². The van der Waals surface area contributed by atoms with Crippen molar-refractivity contribution >= 4 is 0 Å². The van der Waals surface area contributed by atoms with E-state index in [1.807, 2.05) is 13.3 Å². The molecule has 102 valence electrons. The molecule has 0 amide bonds. The van der Waals surface area contributed by atoms with Crippen LogP contribution in [0.2, 0.25) is 0 Å². The van der Waals surface area contributed by atoms with E-state index in [0.29, 0.717) is 11.8 Å². The lowest BCUT2D eigenvalue weighted by molar-refractivity contribution is 0.638. The highest BCUT2D eigenvalue weighted by atomic mass is 15.0. The first-order valence-electron chi connectivity index (χ1n) is 7.11. The summed E-state index contributed by atoms with van der Waals surface area (Å²) in [7, 11) is 0. The monoisotopic (exact) mass is 256 g/mol. The fraction of sp³-hybridized carbons (Fsp3) is 0.471. The van der Waals surface area contributed by atoms with E-state index in [4.69, 9.17) is 0 Å². The Bertz CT molecular complexity index is 550. The quantitative estimate of drug-likeness (QED) is 0.787. The summed E-state index contributed by atoms with van der Waals surface area (Å²) in [5.74, 6) is 1.25. The Morgan fingerprint density at radius 2 is 1.89 bits per heavy atom. The number of nitrogens with zero attached hydrogens (tertiary/aromatic N) is 2. The minimum Gasteiger partial charge on any atom is -0.306 e. The van der Waals surface area contributed by atoms with Crippen molar-refractivity contribution in [3.05, 3.63) is 47.5 Å². The second-order valence-corrected chi connectivity index (χ2v) is 6.06. The summed E-state index contributed by atoms with van der Waals surface area (Å²) in [5, 5.41) is 0. The van der Waals surface area contributed by atoms with Gasteiger partial charge in [0, 0.05) is 11.9 Å². The van der Waals surface area contributed by atoms with Gasteiger partial charge < -0.3 is 4.57 Å². The molecule has 0 spiro atoms. The largest absolute Gasteiger partial charge is 0.306 e. The lowest BCUT2D eigenvalue weighted by atomic mass is 9.91. The fourth-order valence-electron chi connectivity index (χ4n) is 2.50. The van der Waals surface area contributed by atoms with Crippen LogP contribution in [0.4, 0.5) is 0 Å². The molecule has 2 aromatic rings. The fourth-order valence-corrected chi connectivity index (χ4v) is 2.50. The maximum Gasteiger partial charge on any atom is 0.0995 e. The summed E-state index contributed by atoms with van der Waals surface area (Å²) in [6.07, 6.45) is 5.09. The first-order chi connectivity index (χ1) is 8.97. The molecule has 0 aliphatic rings. The maximum atomic E-state index is 4.30. The summed E-state index contributed by atoms with van der Waals surface area (Å²) in [6, 6.07) is 6.78. The average Bonchev–Trinajstić information content (AvgIpc) is 2.74. The number of hydrogen-bond acceptors (Lipinski definition) is 1. The van der Waals surface area contributed by atoms with E-state index in [-0.39, 0.29) is 0 Å². The molecule has 1 aromatic heterocycles. The molecule has 2 nitrogen and oxygen atoms in total. The van der Waals surface area contributed by atoms with E-state index in [1.165, 1.54) is 16.8 Å². The molecule has 0 saturated heterocycles. The number of hydrogen-bond donors (Lipinski definition) is 0. The van der Waals surface area contributed by atoms with Crippen molar-refractivity contribution in [2.75, 3.05) is 0 Å². The molecule has 2 rings (SSSR count). The van der Waals surface area contributed by atoms with Crippen molar-refractivity contribution < 1.29 is 0 Å². The first kappa shape index (κ1) is 13.9. The summed E-state index contributed by atoms with van der Waals surface area (Å²) in [4.78, 5) is 4.30. The molecule has 2 heteroatoms. The van der Waals surface area contributed by atoms with Crippen molar-refractivity contribution in [2.24, 2.45) is 5.92 Å². The smallest absolute Gasteiger partial charge is 0.0995 e. The molecule has 0 N–H and O–H groups in total. The van der Waals surface area contributed by atoms with Gasteiger partial charge in [-0.05, 0) is 48.4 Å². The van der Waals surface area contributed by atoms with E-state index in [2.05, 4.69) is 61.6 Å². The van der Waals surface area contributed by atoms with Crippen molar-refractivity contribution in [1.82, 2.24) is 9.55 Å². The van der Waals surface area contributed by atoms with Gasteiger partial charge in [0.15, 0.2) is 0 Å². The lowest BCUT2D eigenvalue weighted by Gasteiger charge is -2.16. The van der Waals surface area contributed by atoms with Gasteiger partial charge in [0.25, 0.3) is 0 Å².